The molecule has 0 radical (unpaired) electrons. The molecule has 0 amide bonds. The highest BCUT2D eigenvalue weighted by atomic mass is 16.5. The monoisotopic (exact) mass is 298 g/mol. The summed E-state index contributed by atoms with van der Waals surface area (Å²) in [5.74, 6) is -0.276. The summed E-state index contributed by atoms with van der Waals surface area (Å²) < 4.78 is 5.01. The standard InChI is InChI=1S/C17H34N2O2/c1-5-16(3)10-13-19(14-11-16)12-8-7-9-17(4,18)15(20)21-6-2/h5-14,18H2,1-4H3. The third-order valence-electron chi connectivity index (χ3n) is 5.08. The molecule has 0 spiro atoms. The van der Waals surface area contributed by atoms with Crippen molar-refractivity contribution in [3.05, 3.63) is 0 Å². The summed E-state index contributed by atoms with van der Waals surface area (Å²) >= 11 is 0. The van der Waals surface area contributed by atoms with Gasteiger partial charge < -0.3 is 15.4 Å². The molecule has 1 heterocycles. The van der Waals surface area contributed by atoms with Crippen molar-refractivity contribution in [3.8, 4) is 0 Å². The number of ether oxygens (including phenoxy) is 1. The van der Waals surface area contributed by atoms with Crippen LogP contribution >= 0.6 is 0 Å². The molecule has 0 aromatic rings. The first-order chi connectivity index (χ1) is 9.83. The largest absolute Gasteiger partial charge is 0.465 e. The Labute approximate surface area is 130 Å². The van der Waals surface area contributed by atoms with Gasteiger partial charge in [-0.15, -0.1) is 0 Å². The molecule has 1 atom stereocenters. The fraction of sp³-hybridized carbons (Fsp3) is 0.941. The van der Waals surface area contributed by atoms with E-state index in [9.17, 15) is 4.79 Å². The van der Waals surface area contributed by atoms with Crippen LogP contribution in [0.2, 0.25) is 0 Å². The van der Waals surface area contributed by atoms with Crippen molar-refractivity contribution in [1.82, 2.24) is 4.90 Å². The Kier molecular flexibility index (Phi) is 7.14. The van der Waals surface area contributed by atoms with E-state index in [2.05, 4.69) is 18.7 Å². The molecule has 124 valence electrons. The summed E-state index contributed by atoms with van der Waals surface area (Å²) in [6.07, 6.45) is 6.68. The van der Waals surface area contributed by atoms with Crippen molar-refractivity contribution in [1.29, 1.82) is 0 Å². The van der Waals surface area contributed by atoms with E-state index >= 15 is 0 Å². The summed E-state index contributed by atoms with van der Waals surface area (Å²) in [4.78, 5) is 14.3. The van der Waals surface area contributed by atoms with E-state index in [0.717, 1.165) is 19.4 Å². The minimum Gasteiger partial charge on any atom is -0.465 e. The number of rotatable bonds is 8. The zero-order valence-electron chi connectivity index (χ0n) is 14.4. The molecular formula is C17H34N2O2. The van der Waals surface area contributed by atoms with Crippen molar-refractivity contribution in [2.75, 3.05) is 26.2 Å². The lowest BCUT2D eigenvalue weighted by molar-refractivity contribution is -0.149. The predicted molar refractivity (Wildman–Crippen MR) is 87.1 cm³/mol. The molecular weight excluding hydrogens is 264 g/mol. The molecule has 0 bridgehead atoms. The van der Waals surface area contributed by atoms with E-state index in [4.69, 9.17) is 10.5 Å². The van der Waals surface area contributed by atoms with Crippen molar-refractivity contribution in [2.45, 2.75) is 71.8 Å². The van der Waals surface area contributed by atoms with Gasteiger partial charge >= 0.3 is 5.97 Å². The molecule has 0 aliphatic carbocycles. The van der Waals surface area contributed by atoms with E-state index in [0.29, 0.717) is 18.4 Å². The summed E-state index contributed by atoms with van der Waals surface area (Å²) in [7, 11) is 0. The Morgan fingerprint density at radius 3 is 2.43 bits per heavy atom. The second-order valence-corrected chi connectivity index (χ2v) is 7.10. The van der Waals surface area contributed by atoms with Gasteiger partial charge in [-0.2, -0.15) is 0 Å². The lowest BCUT2D eigenvalue weighted by Crippen LogP contribution is -2.46. The maximum Gasteiger partial charge on any atom is 0.325 e. The van der Waals surface area contributed by atoms with Crippen LogP contribution in [0.15, 0.2) is 0 Å². The number of hydrogen-bond acceptors (Lipinski definition) is 4. The quantitative estimate of drug-likeness (QED) is 0.553. The molecule has 1 unspecified atom stereocenters. The van der Waals surface area contributed by atoms with E-state index in [1.54, 1.807) is 6.92 Å². The highest BCUT2D eigenvalue weighted by molar-refractivity contribution is 5.79. The Bertz CT molecular complexity index is 321. The number of carbonyl (C=O) groups is 1. The van der Waals surface area contributed by atoms with E-state index in [1.165, 1.54) is 32.4 Å². The molecule has 1 aliphatic heterocycles. The van der Waals surface area contributed by atoms with Crippen molar-refractivity contribution in [3.63, 3.8) is 0 Å². The first-order valence-electron chi connectivity index (χ1n) is 8.51. The lowest BCUT2D eigenvalue weighted by Gasteiger charge is -2.39. The third kappa shape index (κ3) is 5.95. The molecule has 4 heteroatoms. The number of nitrogens with zero attached hydrogens (tertiary/aromatic N) is 1. The number of esters is 1. The number of carbonyl (C=O) groups excluding carboxylic acids is 1. The van der Waals surface area contributed by atoms with Crippen LogP contribution in [0.3, 0.4) is 0 Å². The van der Waals surface area contributed by atoms with E-state index in [-0.39, 0.29) is 5.97 Å². The van der Waals surface area contributed by atoms with Crippen LogP contribution in [0, 0.1) is 5.41 Å². The molecule has 4 nitrogen and oxygen atoms in total. The van der Waals surface area contributed by atoms with Gasteiger partial charge in [0.15, 0.2) is 0 Å². The van der Waals surface area contributed by atoms with Crippen LogP contribution in [0.25, 0.3) is 0 Å². The minimum absolute atomic E-state index is 0.276. The van der Waals surface area contributed by atoms with Gasteiger partial charge in [0, 0.05) is 0 Å². The van der Waals surface area contributed by atoms with Crippen molar-refractivity contribution in [2.24, 2.45) is 11.1 Å². The molecule has 0 aromatic carbocycles. The molecule has 1 saturated heterocycles. The van der Waals surface area contributed by atoms with Gasteiger partial charge in [-0.3, -0.25) is 4.79 Å². The fourth-order valence-electron chi connectivity index (χ4n) is 2.90. The highest BCUT2D eigenvalue weighted by Crippen LogP contribution is 2.33. The van der Waals surface area contributed by atoms with Gasteiger partial charge in [0.1, 0.15) is 5.54 Å². The van der Waals surface area contributed by atoms with Crippen LogP contribution in [0.1, 0.15) is 66.2 Å². The molecule has 1 aliphatic rings. The van der Waals surface area contributed by atoms with Gasteiger partial charge in [0.05, 0.1) is 6.61 Å². The van der Waals surface area contributed by atoms with Crippen LogP contribution in [0.5, 0.6) is 0 Å². The smallest absolute Gasteiger partial charge is 0.325 e. The predicted octanol–water partition coefficient (Wildman–Crippen LogP) is 2.95. The SMILES string of the molecule is CCOC(=O)C(C)(N)CCCCN1CCC(C)(CC)CC1. The summed E-state index contributed by atoms with van der Waals surface area (Å²) in [5, 5.41) is 0. The summed E-state index contributed by atoms with van der Waals surface area (Å²) in [6.45, 7) is 12.2. The minimum atomic E-state index is -0.835. The first-order valence-corrected chi connectivity index (χ1v) is 8.51. The third-order valence-corrected chi connectivity index (χ3v) is 5.08. The molecule has 1 fully saturated rings. The fourth-order valence-corrected chi connectivity index (χ4v) is 2.90. The second kappa shape index (κ2) is 8.14. The maximum atomic E-state index is 11.7. The Morgan fingerprint density at radius 2 is 1.90 bits per heavy atom. The molecule has 0 saturated carbocycles. The zero-order chi connectivity index (χ0) is 15.9. The molecule has 0 aromatic heterocycles. The molecule has 1 rings (SSSR count). The van der Waals surface area contributed by atoms with Gasteiger partial charge in [-0.05, 0) is 71.0 Å². The Morgan fingerprint density at radius 1 is 1.29 bits per heavy atom. The van der Waals surface area contributed by atoms with Crippen LogP contribution < -0.4 is 5.73 Å². The molecule has 21 heavy (non-hydrogen) atoms. The lowest BCUT2D eigenvalue weighted by atomic mass is 9.78. The maximum absolute atomic E-state index is 11.7. The Balaban J connectivity index is 2.19. The van der Waals surface area contributed by atoms with Crippen molar-refractivity contribution < 1.29 is 9.53 Å². The van der Waals surface area contributed by atoms with Gasteiger partial charge in [-0.25, -0.2) is 0 Å². The first kappa shape index (κ1) is 18.4. The van der Waals surface area contributed by atoms with Crippen molar-refractivity contribution >= 4 is 5.97 Å². The average Bonchev–Trinajstić information content (AvgIpc) is 2.46. The van der Waals surface area contributed by atoms with Crippen LogP contribution in [0.4, 0.5) is 0 Å². The highest BCUT2D eigenvalue weighted by Gasteiger charge is 2.30. The summed E-state index contributed by atoms with van der Waals surface area (Å²) in [5.41, 5.74) is 5.75. The average molecular weight is 298 g/mol. The molecule has 2 N–H and O–H groups in total. The van der Waals surface area contributed by atoms with Gasteiger partial charge in [0.2, 0.25) is 0 Å². The van der Waals surface area contributed by atoms with Gasteiger partial charge in [-0.1, -0.05) is 20.3 Å². The number of unbranched alkanes of at least 4 members (excludes halogenated alkanes) is 1. The van der Waals surface area contributed by atoms with E-state index < -0.39 is 5.54 Å². The topological polar surface area (TPSA) is 55.6 Å². The van der Waals surface area contributed by atoms with E-state index in [1.807, 2.05) is 6.92 Å². The van der Waals surface area contributed by atoms with Crippen LogP contribution in [-0.2, 0) is 9.53 Å². The number of hydrogen-bond donors (Lipinski definition) is 1. The number of nitrogens with two attached hydrogens (primary N) is 1. The number of piperidine rings is 1. The Hall–Kier alpha value is -0.610. The number of likely N-dealkylation sites (tertiary alicyclic amines) is 1. The second-order valence-electron chi connectivity index (χ2n) is 7.10. The zero-order valence-corrected chi connectivity index (χ0v) is 14.4. The van der Waals surface area contributed by atoms with Crippen LogP contribution in [-0.4, -0.2) is 42.6 Å². The summed E-state index contributed by atoms with van der Waals surface area (Å²) in [6, 6.07) is 0. The van der Waals surface area contributed by atoms with Gasteiger partial charge in [0.25, 0.3) is 0 Å². The normalized spacial score (nSPS) is 21.8.